The van der Waals surface area contributed by atoms with E-state index < -0.39 is 0 Å². The topological polar surface area (TPSA) is 0 Å². The van der Waals surface area contributed by atoms with Gasteiger partial charge in [-0.1, -0.05) is 28.9 Å². The molecule has 1 fully saturated rings. The summed E-state index contributed by atoms with van der Waals surface area (Å²) in [6, 6.07) is 4.43. The van der Waals surface area contributed by atoms with E-state index in [1.807, 2.05) is 11.3 Å². The van der Waals surface area contributed by atoms with Crippen molar-refractivity contribution < 1.29 is 0 Å². The Labute approximate surface area is 98.9 Å². The van der Waals surface area contributed by atoms with E-state index in [2.05, 4.69) is 40.4 Å². The zero-order valence-corrected chi connectivity index (χ0v) is 11.0. The van der Waals surface area contributed by atoms with Gasteiger partial charge >= 0.3 is 0 Å². The Morgan fingerprint density at radius 3 is 3.07 bits per heavy atom. The van der Waals surface area contributed by atoms with Gasteiger partial charge in [-0.05, 0) is 49.0 Å². The van der Waals surface area contributed by atoms with Crippen LogP contribution in [0.5, 0.6) is 0 Å². The Morgan fingerprint density at radius 2 is 2.36 bits per heavy atom. The van der Waals surface area contributed by atoms with Crippen molar-refractivity contribution in [3.8, 4) is 0 Å². The van der Waals surface area contributed by atoms with Gasteiger partial charge in [0.2, 0.25) is 0 Å². The van der Waals surface area contributed by atoms with Gasteiger partial charge in [-0.15, -0.1) is 11.3 Å². The smallest absolute Gasteiger partial charge is 0.0177 e. The lowest BCUT2D eigenvalue weighted by Crippen LogP contribution is -2.25. The van der Waals surface area contributed by atoms with E-state index in [1.165, 1.54) is 25.7 Å². The summed E-state index contributed by atoms with van der Waals surface area (Å²) in [4.78, 5) is 2.30. The second-order valence-electron chi connectivity index (χ2n) is 4.48. The van der Waals surface area contributed by atoms with E-state index in [1.54, 1.807) is 4.88 Å². The Kier molecular flexibility index (Phi) is 3.67. The predicted molar refractivity (Wildman–Crippen MR) is 67.2 cm³/mol. The molecule has 0 N–H and O–H groups in total. The van der Waals surface area contributed by atoms with Crippen molar-refractivity contribution in [1.82, 2.24) is 0 Å². The van der Waals surface area contributed by atoms with Crippen molar-refractivity contribution in [3.63, 3.8) is 0 Å². The second-order valence-corrected chi connectivity index (χ2v) is 6.69. The molecule has 1 aliphatic rings. The standard InChI is InChI=1S/C12H17BrS/c1-9-4-5-12(13)10(7-9)8-11-3-2-6-14-11/h2-3,6,9-10,12H,4-5,7-8H2,1H3. The molecule has 0 amide bonds. The second kappa shape index (κ2) is 4.80. The van der Waals surface area contributed by atoms with Crippen LogP contribution in [-0.2, 0) is 6.42 Å². The van der Waals surface area contributed by atoms with Gasteiger partial charge < -0.3 is 0 Å². The first-order chi connectivity index (χ1) is 6.75. The van der Waals surface area contributed by atoms with E-state index in [4.69, 9.17) is 0 Å². The summed E-state index contributed by atoms with van der Waals surface area (Å²) in [6.07, 6.45) is 5.43. The molecule has 3 atom stereocenters. The van der Waals surface area contributed by atoms with Gasteiger partial charge in [0, 0.05) is 9.70 Å². The lowest BCUT2D eigenvalue weighted by Gasteiger charge is -2.31. The van der Waals surface area contributed by atoms with Gasteiger partial charge in [0.15, 0.2) is 0 Å². The van der Waals surface area contributed by atoms with Gasteiger partial charge in [-0.3, -0.25) is 0 Å². The maximum atomic E-state index is 3.83. The van der Waals surface area contributed by atoms with Crippen LogP contribution in [0.1, 0.15) is 31.1 Å². The molecule has 0 spiro atoms. The number of rotatable bonds is 2. The highest BCUT2D eigenvalue weighted by atomic mass is 79.9. The molecule has 1 aromatic rings. The molecular weight excluding hydrogens is 256 g/mol. The van der Waals surface area contributed by atoms with Gasteiger partial charge in [-0.25, -0.2) is 0 Å². The van der Waals surface area contributed by atoms with Crippen molar-refractivity contribution in [1.29, 1.82) is 0 Å². The van der Waals surface area contributed by atoms with Crippen LogP contribution >= 0.6 is 27.3 Å². The van der Waals surface area contributed by atoms with Crippen molar-refractivity contribution in [3.05, 3.63) is 22.4 Å². The van der Waals surface area contributed by atoms with E-state index in [0.29, 0.717) is 0 Å². The highest BCUT2D eigenvalue weighted by Gasteiger charge is 2.26. The van der Waals surface area contributed by atoms with Gasteiger partial charge in [0.1, 0.15) is 0 Å². The molecule has 14 heavy (non-hydrogen) atoms. The van der Waals surface area contributed by atoms with Crippen LogP contribution in [0, 0.1) is 11.8 Å². The quantitative estimate of drug-likeness (QED) is 0.696. The summed E-state index contributed by atoms with van der Waals surface area (Å²) >= 11 is 5.73. The highest BCUT2D eigenvalue weighted by molar-refractivity contribution is 9.09. The molecule has 2 heteroatoms. The third-order valence-corrected chi connectivity index (χ3v) is 5.30. The number of hydrogen-bond acceptors (Lipinski definition) is 1. The maximum Gasteiger partial charge on any atom is 0.0177 e. The molecule has 0 aliphatic heterocycles. The summed E-state index contributed by atoms with van der Waals surface area (Å²) in [5.74, 6) is 1.78. The van der Waals surface area contributed by atoms with E-state index in [-0.39, 0.29) is 0 Å². The summed E-state index contributed by atoms with van der Waals surface area (Å²) < 4.78 is 0. The fourth-order valence-corrected chi connectivity index (χ4v) is 3.83. The molecule has 1 aromatic heterocycles. The molecule has 0 radical (unpaired) electrons. The summed E-state index contributed by atoms with van der Waals surface area (Å²) in [7, 11) is 0. The first-order valence-corrected chi connectivity index (χ1v) is 7.21. The SMILES string of the molecule is CC1CCC(Br)C(Cc2cccs2)C1. The van der Waals surface area contributed by atoms with Crippen LogP contribution in [-0.4, -0.2) is 4.83 Å². The van der Waals surface area contributed by atoms with Crippen LogP contribution < -0.4 is 0 Å². The van der Waals surface area contributed by atoms with Gasteiger partial charge in [0.25, 0.3) is 0 Å². The first-order valence-electron chi connectivity index (χ1n) is 5.42. The zero-order chi connectivity index (χ0) is 9.97. The van der Waals surface area contributed by atoms with Crippen molar-refractivity contribution in [2.45, 2.75) is 37.4 Å². The molecule has 0 nitrogen and oxygen atoms in total. The fraction of sp³-hybridized carbons (Fsp3) is 0.667. The third-order valence-electron chi connectivity index (χ3n) is 3.20. The van der Waals surface area contributed by atoms with Crippen LogP contribution in [0.3, 0.4) is 0 Å². The summed E-state index contributed by atoms with van der Waals surface area (Å²) in [5, 5.41) is 2.19. The largest absolute Gasteiger partial charge is 0.149 e. The number of halogens is 1. The average molecular weight is 273 g/mol. The van der Waals surface area contributed by atoms with Crippen LogP contribution in [0.4, 0.5) is 0 Å². The van der Waals surface area contributed by atoms with Crippen molar-refractivity contribution >= 4 is 27.3 Å². The van der Waals surface area contributed by atoms with E-state index in [9.17, 15) is 0 Å². The monoisotopic (exact) mass is 272 g/mol. The van der Waals surface area contributed by atoms with Gasteiger partial charge in [0.05, 0.1) is 0 Å². The van der Waals surface area contributed by atoms with E-state index >= 15 is 0 Å². The van der Waals surface area contributed by atoms with Crippen LogP contribution in [0.25, 0.3) is 0 Å². The summed E-state index contributed by atoms with van der Waals surface area (Å²) in [6.45, 7) is 2.39. The molecule has 0 bridgehead atoms. The zero-order valence-electron chi connectivity index (χ0n) is 8.58. The lowest BCUT2D eigenvalue weighted by atomic mass is 9.80. The van der Waals surface area contributed by atoms with Crippen LogP contribution in [0.2, 0.25) is 0 Å². The van der Waals surface area contributed by atoms with Crippen molar-refractivity contribution in [2.24, 2.45) is 11.8 Å². The number of hydrogen-bond donors (Lipinski definition) is 0. The van der Waals surface area contributed by atoms with Crippen molar-refractivity contribution in [2.75, 3.05) is 0 Å². The predicted octanol–water partition coefficient (Wildman–Crippen LogP) is 4.49. The fourth-order valence-electron chi connectivity index (χ4n) is 2.36. The molecule has 0 saturated heterocycles. The Hall–Kier alpha value is 0.180. The van der Waals surface area contributed by atoms with Gasteiger partial charge in [-0.2, -0.15) is 0 Å². The molecule has 0 aromatic carbocycles. The summed E-state index contributed by atoms with van der Waals surface area (Å²) in [5.41, 5.74) is 0. The molecule has 1 heterocycles. The Morgan fingerprint density at radius 1 is 1.50 bits per heavy atom. The number of alkyl halides is 1. The molecule has 78 valence electrons. The highest BCUT2D eigenvalue weighted by Crippen LogP contribution is 2.36. The minimum atomic E-state index is 0.751. The Bertz CT molecular complexity index is 268. The van der Waals surface area contributed by atoms with Crippen LogP contribution in [0.15, 0.2) is 17.5 Å². The Balaban J connectivity index is 1.95. The average Bonchev–Trinajstić information content (AvgIpc) is 2.64. The normalized spacial score (nSPS) is 33.1. The third kappa shape index (κ3) is 2.60. The first kappa shape index (κ1) is 10.7. The molecule has 1 aliphatic carbocycles. The molecule has 2 rings (SSSR count). The lowest BCUT2D eigenvalue weighted by molar-refractivity contribution is 0.295. The molecule has 3 unspecified atom stereocenters. The molecule has 1 saturated carbocycles. The molecular formula is C12H17BrS. The van der Waals surface area contributed by atoms with E-state index in [0.717, 1.165) is 16.7 Å². The maximum absolute atomic E-state index is 3.83. The minimum Gasteiger partial charge on any atom is -0.149 e. The minimum absolute atomic E-state index is 0.751. The number of thiophene rings is 1.